The van der Waals surface area contributed by atoms with E-state index in [1.807, 2.05) is 18.2 Å². The number of nitrogens with zero attached hydrogens (tertiary/aromatic N) is 2. The Morgan fingerprint density at radius 3 is 3.06 bits per heavy atom. The van der Waals surface area contributed by atoms with Gasteiger partial charge in [0.2, 0.25) is 5.91 Å². The zero-order valence-corrected chi connectivity index (χ0v) is 11.8. The molecule has 88 valence electrons. The number of thiazole rings is 1. The van der Waals surface area contributed by atoms with E-state index in [9.17, 15) is 4.79 Å². The molecular formula is C11H8BrClN2OS. The normalized spacial score (nSPS) is 20.5. The highest BCUT2D eigenvalue weighted by molar-refractivity contribution is 9.09. The molecule has 3 rings (SSSR count). The van der Waals surface area contributed by atoms with E-state index in [1.54, 1.807) is 4.90 Å². The van der Waals surface area contributed by atoms with E-state index in [-0.39, 0.29) is 10.7 Å². The number of rotatable bonds is 1. The number of carbonyl (C=O) groups excluding carboxylic acids is 1. The number of fused-ring (bicyclic) bond motifs is 1. The Morgan fingerprint density at radius 1 is 1.53 bits per heavy atom. The van der Waals surface area contributed by atoms with E-state index < -0.39 is 0 Å². The molecule has 17 heavy (non-hydrogen) atoms. The summed E-state index contributed by atoms with van der Waals surface area (Å²) in [6, 6.07) is 5.82. The Bertz CT molecular complexity index is 600. The van der Waals surface area contributed by atoms with Crippen molar-refractivity contribution in [2.24, 2.45) is 0 Å². The van der Waals surface area contributed by atoms with E-state index in [0.29, 0.717) is 17.4 Å². The molecule has 1 unspecified atom stereocenters. The molecule has 3 nitrogen and oxygen atoms in total. The van der Waals surface area contributed by atoms with Crippen LogP contribution in [-0.4, -0.2) is 22.3 Å². The molecule has 0 N–H and O–H groups in total. The molecule has 0 spiro atoms. The molecule has 2 aromatic rings. The number of benzene rings is 1. The van der Waals surface area contributed by atoms with Crippen molar-refractivity contribution in [3.05, 3.63) is 22.7 Å². The van der Waals surface area contributed by atoms with Gasteiger partial charge in [-0.2, -0.15) is 0 Å². The molecule has 0 radical (unpaired) electrons. The van der Waals surface area contributed by atoms with Gasteiger partial charge in [0.25, 0.3) is 0 Å². The Hall–Kier alpha value is -0.650. The standard InChI is InChI=1S/C11H8BrClN2OS/c12-6-3-10(16)15(5-6)7-1-2-9-8(4-7)14-11(13)17-9/h1-2,4,6H,3,5H2. The van der Waals surface area contributed by atoms with Gasteiger partial charge in [-0.3, -0.25) is 4.79 Å². The minimum absolute atomic E-state index is 0.146. The predicted octanol–water partition coefficient (Wildman–Crippen LogP) is 3.45. The van der Waals surface area contributed by atoms with Gasteiger partial charge in [0.1, 0.15) is 0 Å². The van der Waals surface area contributed by atoms with Crippen LogP contribution in [-0.2, 0) is 4.79 Å². The van der Waals surface area contributed by atoms with Crippen LogP contribution in [0.15, 0.2) is 18.2 Å². The third-order valence-corrected chi connectivity index (χ3v) is 4.49. The van der Waals surface area contributed by atoms with Crippen LogP contribution in [0.5, 0.6) is 0 Å². The fourth-order valence-electron chi connectivity index (χ4n) is 1.97. The molecule has 1 aliphatic rings. The zero-order valence-electron chi connectivity index (χ0n) is 8.69. The SMILES string of the molecule is O=C1CC(Br)CN1c1ccc2sc(Cl)nc2c1. The molecule has 1 aromatic carbocycles. The van der Waals surface area contributed by atoms with Crippen molar-refractivity contribution in [3.63, 3.8) is 0 Å². The first-order valence-corrected chi connectivity index (χ1v) is 7.25. The fraction of sp³-hybridized carbons (Fsp3) is 0.273. The molecule has 0 saturated carbocycles. The number of hydrogen-bond donors (Lipinski definition) is 0. The first-order valence-electron chi connectivity index (χ1n) is 5.14. The van der Waals surface area contributed by atoms with Gasteiger partial charge in [-0.1, -0.05) is 27.5 Å². The average Bonchev–Trinajstić information content (AvgIpc) is 2.78. The number of hydrogen-bond acceptors (Lipinski definition) is 3. The summed E-state index contributed by atoms with van der Waals surface area (Å²) < 4.78 is 1.57. The van der Waals surface area contributed by atoms with Gasteiger partial charge < -0.3 is 4.90 Å². The number of carbonyl (C=O) groups is 1. The highest BCUT2D eigenvalue weighted by Gasteiger charge is 2.28. The molecular weight excluding hydrogens is 324 g/mol. The quantitative estimate of drug-likeness (QED) is 0.750. The lowest BCUT2D eigenvalue weighted by atomic mass is 10.3. The van der Waals surface area contributed by atoms with Crippen LogP contribution in [0.25, 0.3) is 10.2 Å². The Kier molecular flexibility index (Phi) is 2.84. The summed E-state index contributed by atoms with van der Waals surface area (Å²) in [4.78, 5) is 18.0. The first-order chi connectivity index (χ1) is 8.13. The topological polar surface area (TPSA) is 33.2 Å². The summed E-state index contributed by atoms with van der Waals surface area (Å²) in [6.45, 7) is 0.711. The second kappa shape index (κ2) is 4.23. The van der Waals surface area contributed by atoms with Crippen LogP contribution in [0.3, 0.4) is 0 Å². The van der Waals surface area contributed by atoms with E-state index in [2.05, 4.69) is 20.9 Å². The second-order valence-electron chi connectivity index (χ2n) is 3.92. The maximum Gasteiger partial charge on any atom is 0.228 e. The minimum atomic E-state index is 0.146. The number of anilines is 1. The highest BCUT2D eigenvalue weighted by Crippen LogP contribution is 2.31. The fourth-order valence-corrected chi connectivity index (χ4v) is 3.55. The summed E-state index contributed by atoms with van der Waals surface area (Å²) in [5, 5.41) is 0. The van der Waals surface area contributed by atoms with Gasteiger partial charge in [0, 0.05) is 23.5 Å². The van der Waals surface area contributed by atoms with Gasteiger partial charge in [-0.15, -0.1) is 11.3 Å². The number of halogens is 2. The Morgan fingerprint density at radius 2 is 2.35 bits per heavy atom. The third-order valence-electron chi connectivity index (χ3n) is 2.73. The van der Waals surface area contributed by atoms with Crippen LogP contribution in [0.2, 0.25) is 4.47 Å². The molecule has 1 aliphatic heterocycles. The lowest BCUT2D eigenvalue weighted by Gasteiger charge is -2.15. The van der Waals surface area contributed by atoms with Gasteiger partial charge in [-0.25, -0.2) is 4.98 Å². The zero-order chi connectivity index (χ0) is 12.0. The smallest absolute Gasteiger partial charge is 0.228 e. The molecule has 0 aliphatic carbocycles. The number of aromatic nitrogens is 1. The molecule has 1 aromatic heterocycles. The van der Waals surface area contributed by atoms with Gasteiger partial charge in [0.15, 0.2) is 4.47 Å². The monoisotopic (exact) mass is 330 g/mol. The lowest BCUT2D eigenvalue weighted by Crippen LogP contribution is -2.24. The van der Waals surface area contributed by atoms with Gasteiger partial charge in [0.05, 0.1) is 10.2 Å². The number of alkyl halides is 1. The number of amides is 1. The van der Waals surface area contributed by atoms with Crippen LogP contribution in [0, 0.1) is 0 Å². The van der Waals surface area contributed by atoms with Crippen molar-refractivity contribution in [2.75, 3.05) is 11.4 Å². The predicted molar refractivity (Wildman–Crippen MR) is 74.3 cm³/mol. The Labute approximate surface area is 116 Å². The molecule has 1 amide bonds. The van der Waals surface area contributed by atoms with Crippen LogP contribution in [0.1, 0.15) is 6.42 Å². The van der Waals surface area contributed by atoms with Crippen molar-refractivity contribution in [1.29, 1.82) is 0 Å². The minimum Gasteiger partial charge on any atom is -0.311 e. The molecule has 1 atom stereocenters. The van der Waals surface area contributed by atoms with E-state index in [1.165, 1.54) is 11.3 Å². The van der Waals surface area contributed by atoms with Crippen LogP contribution >= 0.6 is 38.9 Å². The van der Waals surface area contributed by atoms with E-state index in [0.717, 1.165) is 15.9 Å². The van der Waals surface area contributed by atoms with Gasteiger partial charge in [-0.05, 0) is 18.2 Å². The maximum atomic E-state index is 11.8. The molecule has 1 fully saturated rings. The molecule has 6 heteroatoms. The Balaban J connectivity index is 2.03. The van der Waals surface area contributed by atoms with Crippen LogP contribution < -0.4 is 4.90 Å². The van der Waals surface area contributed by atoms with Crippen molar-refractivity contribution in [2.45, 2.75) is 11.2 Å². The maximum absolute atomic E-state index is 11.8. The molecule has 2 heterocycles. The third kappa shape index (κ3) is 2.07. The summed E-state index contributed by atoms with van der Waals surface area (Å²) in [5.74, 6) is 0.146. The van der Waals surface area contributed by atoms with E-state index >= 15 is 0 Å². The second-order valence-corrected chi connectivity index (χ2v) is 6.83. The van der Waals surface area contributed by atoms with Crippen LogP contribution in [0.4, 0.5) is 5.69 Å². The van der Waals surface area contributed by atoms with Crippen molar-refractivity contribution in [1.82, 2.24) is 4.98 Å². The highest BCUT2D eigenvalue weighted by atomic mass is 79.9. The molecule has 0 bridgehead atoms. The average molecular weight is 332 g/mol. The van der Waals surface area contributed by atoms with Crippen molar-refractivity contribution >= 4 is 60.7 Å². The summed E-state index contributed by atoms with van der Waals surface area (Å²) in [6.07, 6.45) is 0.551. The largest absolute Gasteiger partial charge is 0.311 e. The van der Waals surface area contributed by atoms with Gasteiger partial charge >= 0.3 is 0 Å². The van der Waals surface area contributed by atoms with Crippen molar-refractivity contribution in [3.8, 4) is 0 Å². The molecule has 1 saturated heterocycles. The van der Waals surface area contributed by atoms with Crippen molar-refractivity contribution < 1.29 is 4.79 Å². The first kappa shape index (κ1) is 11.4. The summed E-state index contributed by atoms with van der Waals surface area (Å²) in [7, 11) is 0. The van der Waals surface area contributed by atoms with E-state index in [4.69, 9.17) is 11.6 Å². The lowest BCUT2D eigenvalue weighted by molar-refractivity contribution is -0.117. The summed E-state index contributed by atoms with van der Waals surface area (Å²) in [5.41, 5.74) is 1.75. The summed E-state index contributed by atoms with van der Waals surface area (Å²) >= 11 is 10.8.